The van der Waals surface area contributed by atoms with Gasteiger partial charge in [-0.25, -0.2) is 5.01 Å². The number of amides is 1. The molecular formula is C19H20N2O5. The molecule has 0 saturated heterocycles. The molecule has 0 aliphatic carbocycles. The first kappa shape index (κ1) is 17.7. The van der Waals surface area contributed by atoms with Gasteiger partial charge in [-0.05, 0) is 30.7 Å². The first-order valence-corrected chi connectivity index (χ1v) is 8.37. The summed E-state index contributed by atoms with van der Waals surface area (Å²) in [6, 6.07) is 10.8. The van der Waals surface area contributed by atoms with Gasteiger partial charge in [0.2, 0.25) is 5.91 Å². The van der Waals surface area contributed by atoms with E-state index >= 15 is 0 Å². The topological polar surface area (TPSA) is 92.3 Å². The van der Waals surface area contributed by atoms with Gasteiger partial charge in [0, 0.05) is 24.8 Å². The minimum absolute atomic E-state index is 0.0442. The zero-order valence-electron chi connectivity index (χ0n) is 14.4. The number of furan rings is 1. The van der Waals surface area contributed by atoms with Crippen LogP contribution in [0.1, 0.15) is 43.0 Å². The van der Waals surface area contributed by atoms with E-state index in [4.69, 9.17) is 14.3 Å². The van der Waals surface area contributed by atoms with Gasteiger partial charge in [0.25, 0.3) is 0 Å². The number of methoxy groups -OCH3 is 1. The number of hydrazone groups is 1. The number of ether oxygens (including phenoxy) is 1. The fourth-order valence-corrected chi connectivity index (χ4v) is 2.93. The van der Waals surface area contributed by atoms with Crippen molar-refractivity contribution in [1.29, 1.82) is 0 Å². The number of carboxylic acids is 1. The normalized spacial score (nSPS) is 16.4. The molecule has 1 aliphatic heterocycles. The molecule has 1 N–H and O–H groups in total. The van der Waals surface area contributed by atoms with Gasteiger partial charge < -0.3 is 14.3 Å². The van der Waals surface area contributed by atoms with E-state index in [-0.39, 0.29) is 31.2 Å². The molecule has 1 aromatic heterocycles. The Kier molecular flexibility index (Phi) is 5.36. The second-order valence-corrected chi connectivity index (χ2v) is 6.00. The molecule has 0 saturated carbocycles. The van der Waals surface area contributed by atoms with Crippen molar-refractivity contribution in [2.24, 2.45) is 5.10 Å². The smallest absolute Gasteiger partial charge is 0.303 e. The molecule has 2 aromatic rings. The lowest BCUT2D eigenvalue weighted by Crippen LogP contribution is -2.26. The van der Waals surface area contributed by atoms with Gasteiger partial charge in [-0.3, -0.25) is 9.59 Å². The van der Waals surface area contributed by atoms with Crippen LogP contribution in [0.25, 0.3) is 0 Å². The van der Waals surface area contributed by atoms with Gasteiger partial charge in [0.15, 0.2) is 0 Å². The SMILES string of the molecule is COc1cccc(C2=NN(C(=O)CCCC(=O)O)[C@@H](c3ccco3)C2)c1. The van der Waals surface area contributed by atoms with Crippen LogP contribution in [0.4, 0.5) is 0 Å². The van der Waals surface area contributed by atoms with Crippen LogP contribution >= 0.6 is 0 Å². The summed E-state index contributed by atoms with van der Waals surface area (Å²) < 4.78 is 10.7. The highest BCUT2D eigenvalue weighted by Crippen LogP contribution is 2.34. The fraction of sp³-hybridized carbons (Fsp3) is 0.316. The molecule has 7 nitrogen and oxygen atoms in total. The molecule has 1 aromatic carbocycles. The van der Waals surface area contributed by atoms with Gasteiger partial charge in [0.1, 0.15) is 17.6 Å². The van der Waals surface area contributed by atoms with Crippen molar-refractivity contribution in [2.75, 3.05) is 7.11 Å². The maximum Gasteiger partial charge on any atom is 0.303 e. The molecule has 0 radical (unpaired) electrons. The van der Waals surface area contributed by atoms with Gasteiger partial charge in [-0.1, -0.05) is 12.1 Å². The van der Waals surface area contributed by atoms with E-state index < -0.39 is 5.97 Å². The van der Waals surface area contributed by atoms with E-state index in [2.05, 4.69) is 5.10 Å². The van der Waals surface area contributed by atoms with Crippen LogP contribution in [-0.2, 0) is 9.59 Å². The predicted molar refractivity (Wildman–Crippen MR) is 93.9 cm³/mol. The summed E-state index contributed by atoms with van der Waals surface area (Å²) in [5.41, 5.74) is 1.64. The van der Waals surface area contributed by atoms with E-state index in [0.29, 0.717) is 17.9 Å². The van der Waals surface area contributed by atoms with Crippen molar-refractivity contribution < 1.29 is 23.8 Å². The Labute approximate surface area is 150 Å². The van der Waals surface area contributed by atoms with Gasteiger partial charge >= 0.3 is 5.97 Å². The molecule has 0 fully saturated rings. The van der Waals surface area contributed by atoms with Crippen molar-refractivity contribution in [1.82, 2.24) is 5.01 Å². The predicted octanol–water partition coefficient (Wildman–Crippen LogP) is 3.22. The third-order valence-corrected chi connectivity index (χ3v) is 4.22. The summed E-state index contributed by atoms with van der Waals surface area (Å²) in [5, 5.41) is 14.7. The van der Waals surface area contributed by atoms with Crippen LogP contribution in [-0.4, -0.2) is 34.8 Å². The third kappa shape index (κ3) is 3.93. The molecule has 0 bridgehead atoms. The Bertz CT molecular complexity index is 813. The molecule has 0 unspecified atom stereocenters. The first-order valence-electron chi connectivity index (χ1n) is 8.37. The lowest BCUT2D eigenvalue weighted by molar-refractivity contribution is -0.137. The van der Waals surface area contributed by atoms with E-state index in [1.54, 1.807) is 19.4 Å². The Morgan fingerprint density at radius 1 is 1.31 bits per heavy atom. The molecular weight excluding hydrogens is 336 g/mol. The summed E-state index contributed by atoms with van der Waals surface area (Å²) in [4.78, 5) is 23.3. The summed E-state index contributed by atoms with van der Waals surface area (Å²) in [6.07, 6.45) is 2.44. The van der Waals surface area contributed by atoms with Crippen LogP contribution in [0.5, 0.6) is 5.75 Å². The van der Waals surface area contributed by atoms with Gasteiger partial charge in [0.05, 0.1) is 19.1 Å². The zero-order chi connectivity index (χ0) is 18.5. The van der Waals surface area contributed by atoms with Crippen LogP contribution < -0.4 is 4.74 Å². The second kappa shape index (κ2) is 7.86. The second-order valence-electron chi connectivity index (χ2n) is 6.00. The number of benzene rings is 1. The minimum atomic E-state index is -0.914. The third-order valence-electron chi connectivity index (χ3n) is 4.22. The molecule has 7 heteroatoms. The number of carbonyl (C=O) groups is 2. The minimum Gasteiger partial charge on any atom is -0.497 e. The Morgan fingerprint density at radius 3 is 2.85 bits per heavy atom. The number of hydrogen-bond acceptors (Lipinski definition) is 5. The average molecular weight is 356 g/mol. The summed E-state index contributed by atoms with van der Waals surface area (Å²) in [5.74, 6) is 0.233. The Balaban J connectivity index is 1.83. The molecule has 1 aliphatic rings. The van der Waals surface area contributed by atoms with E-state index in [1.165, 1.54) is 5.01 Å². The van der Waals surface area contributed by atoms with Crippen molar-refractivity contribution in [3.8, 4) is 5.75 Å². The Morgan fingerprint density at radius 2 is 2.15 bits per heavy atom. The standard InChI is InChI=1S/C19H20N2O5/c1-25-14-6-2-5-13(11-14)15-12-16(17-7-4-10-26-17)21(20-15)18(22)8-3-9-19(23)24/h2,4-7,10-11,16H,3,8-9,12H2,1H3,(H,23,24)/t16-/m1/s1. The van der Waals surface area contributed by atoms with Crippen molar-refractivity contribution in [3.05, 3.63) is 54.0 Å². The lowest BCUT2D eigenvalue weighted by atomic mass is 10.0. The molecule has 136 valence electrons. The lowest BCUT2D eigenvalue weighted by Gasteiger charge is -2.19. The molecule has 1 amide bonds. The molecule has 0 spiro atoms. The number of rotatable bonds is 7. The highest BCUT2D eigenvalue weighted by molar-refractivity contribution is 6.03. The molecule has 3 rings (SSSR count). The number of carbonyl (C=O) groups excluding carboxylic acids is 1. The van der Waals surface area contributed by atoms with Crippen LogP contribution in [0.2, 0.25) is 0 Å². The molecule has 2 heterocycles. The first-order chi connectivity index (χ1) is 12.6. The number of carboxylic acid groups (broad SMARTS) is 1. The highest BCUT2D eigenvalue weighted by atomic mass is 16.5. The van der Waals surface area contributed by atoms with E-state index in [0.717, 1.165) is 11.3 Å². The van der Waals surface area contributed by atoms with Crippen molar-refractivity contribution in [2.45, 2.75) is 31.7 Å². The maximum atomic E-state index is 12.6. The van der Waals surface area contributed by atoms with Crippen LogP contribution in [0.15, 0.2) is 52.2 Å². The van der Waals surface area contributed by atoms with Crippen LogP contribution in [0.3, 0.4) is 0 Å². The van der Waals surface area contributed by atoms with E-state index in [9.17, 15) is 9.59 Å². The van der Waals surface area contributed by atoms with Gasteiger partial charge in [-0.2, -0.15) is 5.10 Å². The molecule has 26 heavy (non-hydrogen) atoms. The average Bonchev–Trinajstić information content (AvgIpc) is 3.30. The molecule has 1 atom stereocenters. The summed E-state index contributed by atoms with van der Waals surface area (Å²) in [6.45, 7) is 0. The number of nitrogens with zero attached hydrogens (tertiary/aromatic N) is 2. The van der Waals surface area contributed by atoms with Gasteiger partial charge in [-0.15, -0.1) is 0 Å². The van der Waals surface area contributed by atoms with Crippen molar-refractivity contribution in [3.63, 3.8) is 0 Å². The van der Waals surface area contributed by atoms with Crippen molar-refractivity contribution >= 4 is 17.6 Å². The Hall–Kier alpha value is -3.09. The van der Waals surface area contributed by atoms with E-state index in [1.807, 2.05) is 30.3 Å². The largest absolute Gasteiger partial charge is 0.497 e. The summed E-state index contributed by atoms with van der Waals surface area (Å²) >= 11 is 0. The fourth-order valence-electron chi connectivity index (χ4n) is 2.93. The number of hydrogen-bond donors (Lipinski definition) is 1. The van der Waals surface area contributed by atoms with Crippen LogP contribution in [0, 0.1) is 0 Å². The quantitative estimate of drug-likeness (QED) is 0.822. The highest BCUT2D eigenvalue weighted by Gasteiger charge is 2.34. The monoisotopic (exact) mass is 356 g/mol. The zero-order valence-corrected chi connectivity index (χ0v) is 14.4. The number of aliphatic carboxylic acids is 1. The maximum absolute atomic E-state index is 12.6. The summed E-state index contributed by atoms with van der Waals surface area (Å²) in [7, 11) is 1.60.